The summed E-state index contributed by atoms with van der Waals surface area (Å²) >= 11 is 0. The number of benzene rings is 2. The lowest BCUT2D eigenvalue weighted by molar-refractivity contribution is -0.118. The second kappa shape index (κ2) is 7.95. The second-order valence-corrected chi connectivity index (χ2v) is 7.39. The van der Waals surface area contributed by atoms with Gasteiger partial charge < -0.3 is 19.9 Å². The van der Waals surface area contributed by atoms with Crippen LogP contribution in [0.3, 0.4) is 0 Å². The van der Waals surface area contributed by atoms with E-state index < -0.39 is 0 Å². The lowest BCUT2D eigenvalue weighted by Gasteiger charge is -2.18. The number of imidazole rings is 1. The molecule has 4 rings (SSSR count). The number of rotatable bonds is 6. The van der Waals surface area contributed by atoms with Gasteiger partial charge in [0.2, 0.25) is 0 Å². The summed E-state index contributed by atoms with van der Waals surface area (Å²) in [5.74, 6) is 1.21. The van der Waals surface area contributed by atoms with Gasteiger partial charge in [-0.25, -0.2) is 4.98 Å². The lowest BCUT2D eigenvalue weighted by Crippen LogP contribution is -2.27. The average molecular weight is 392 g/mol. The SMILES string of the molecule is CC(C)n1c(CCCNC(=O)c2ccc3c(c2)NC(=O)CO3)nc2ccccc21. The highest BCUT2D eigenvalue weighted by atomic mass is 16.5. The molecule has 1 aromatic heterocycles. The molecule has 2 heterocycles. The van der Waals surface area contributed by atoms with Crippen molar-refractivity contribution >= 4 is 28.5 Å². The van der Waals surface area contributed by atoms with E-state index in [1.165, 1.54) is 0 Å². The summed E-state index contributed by atoms with van der Waals surface area (Å²) in [7, 11) is 0. The Balaban J connectivity index is 1.37. The van der Waals surface area contributed by atoms with Gasteiger partial charge in [-0.3, -0.25) is 9.59 Å². The fraction of sp³-hybridized carbons (Fsp3) is 0.318. The summed E-state index contributed by atoms with van der Waals surface area (Å²) in [5.41, 5.74) is 3.15. The third-order valence-electron chi connectivity index (χ3n) is 4.92. The number of amides is 2. The maximum atomic E-state index is 12.5. The van der Waals surface area contributed by atoms with E-state index in [1.807, 2.05) is 18.2 Å². The Morgan fingerprint density at radius 2 is 2.10 bits per heavy atom. The molecule has 1 aliphatic heterocycles. The van der Waals surface area contributed by atoms with E-state index in [0.29, 0.717) is 29.6 Å². The van der Waals surface area contributed by atoms with Gasteiger partial charge in [-0.1, -0.05) is 12.1 Å². The maximum Gasteiger partial charge on any atom is 0.262 e. The van der Waals surface area contributed by atoms with Crippen LogP contribution in [0.5, 0.6) is 5.75 Å². The number of para-hydroxylation sites is 2. The van der Waals surface area contributed by atoms with Crippen molar-refractivity contribution in [1.82, 2.24) is 14.9 Å². The Morgan fingerprint density at radius 3 is 2.93 bits per heavy atom. The number of carbonyl (C=O) groups is 2. The third-order valence-corrected chi connectivity index (χ3v) is 4.92. The van der Waals surface area contributed by atoms with Gasteiger partial charge in [0.1, 0.15) is 11.6 Å². The third kappa shape index (κ3) is 3.94. The minimum Gasteiger partial charge on any atom is -0.482 e. The number of nitrogens with one attached hydrogen (secondary N) is 2. The number of carbonyl (C=O) groups excluding carboxylic acids is 2. The van der Waals surface area contributed by atoms with Gasteiger partial charge in [0.25, 0.3) is 11.8 Å². The fourth-order valence-corrected chi connectivity index (χ4v) is 3.62. The van der Waals surface area contributed by atoms with Crippen LogP contribution in [0.1, 0.15) is 42.5 Å². The molecular formula is C22H24N4O3. The van der Waals surface area contributed by atoms with Crippen molar-refractivity contribution < 1.29 is 14.3 Å². The molecule has 0 bridgehead atoms. The van der Waals surface area contributed by atoms with Crippen molar-refractivity contribution in [3.05, 3.63) is 53.9 Å². The molecule has 2 amide bonds. The zero-order valence-corrected chi connectivity index (χ0v) is 16.6. The van der Waals surface area contributed by atoms with Crippen molar-refractivity contribution in [2.75, 3.05) is 18.5 Å². The molecule has 0 aliphatic carbocycles. The molecule has 0 atom stereocenters. The smallest absolute Gasteiger partial charge is 0.262 e. The van der Waals surface area contributed by atoms with E-state index in [0.717, 1.165) is 29.7 Å². The summed E-state index contributed by atoms with van der Waals surface area (Å²) < 4.78 is 7.57. The molecule has 0 saturated heterocycles. The minimum atomic E-state index is -0.219. The Morgan fingerprint density at radius 1 is 1.28 bits per heavy atom. The first-order chi connectivity index (χ1) is 14.0. The number of anilines is 1. The van der Waals surface area contributed by atoms with E-state index >= 15 is 0 Å². The average Bonchev–Trinajstić information content (AvgIpc) is 3.09. The topological polar surface area (TPSA) is 85.2 Å². The highest BCUT2D eigenvalue weighted by Crippen LogP contribution is 2.28. The number of hydrogen-bond donors (Lipinski definition) is 2. The number of fused-ring (bicyclic) bond motifs is 2. The van der Waals surface area contributed by atoms with Crippen molar-refractivity contribution in [3.63, 3.8) is 0 Å². The molecule has 150 valence electrons. The van der Waals surface area contributed by atoms with Gasteiger partial charge in [0, 0.05) is 24.6 Å². The molecule has 1 aliphatic rings. The molecule has 0 saturated carbocycles. The molecule has 7 heteroatoms. The number of aromatic nitrogens is 2. The number of ether oxygens (including phenoxy) is 1. The number of hydrogen-bond acceptors (Lipinski definition) is 4. The van der Waals surface area contributed by atoms with E-state index in [4.69, 9.17) is 9.72 Å². The predicted octanol–water partition coefficient (Wildman–Crippen LogP) is 3.31. The lowest BCUT2D eigenvalue weighted by atomic mass is 10.1. The molecular weight excluding hydrogens is 368 g/mol. The summed E-state index contributed by atoms with van der Waals surface area (Å²) in [6, 6.07) is 13.5. The molecule has 7 nitrogen and oxygen atoms in total. The summed E-state index contributed by atoms with van der Waals surface area (Å²) in [6.45, 7) is 4.84. The van der Waals surface area contributed by atoms with Crippen LogP contribution in [-0.2, 0) is 11.2 Å². The quantitative estimate of drug-likeness (QED) is 0.630. The first-order valence-corrected chi connectivity index (χ1v) is 9.83. The van der Waals surface area contributed by atoms with E-state index in [2.05, 4.69) is 35.1 Å². The summed E-state index contributed by atoms with van der Waals surface area (Å²) in [5, 5.41) is 5.66. The van der Waals surface area contributed by atoms with Crippen LogP contribution in [0.4, 0.5) is 5.69 Å². The predicted molar refractivity (Wildman–Crippen MR) is 111 cm³/mol. The Bertz CT molecular complexity index is 1070. The highest BCUT2D eigenvalue weighted by molar-refractivity contribution is 5.99. The zero-order valence-electron chi connectivity index (χ0n) is 16.6. The van der Waals surface area contributed by atoms with Gasteiger partial charge in [-0.15, -0.1) is 0 Å². The molecule has 0 spiro atoms. The second-order valence-electron chi connectivity index (χ2n) is 7.39. The minimum absolute atomic E-state index is 0.000305. The first kappa shape index (κ1) is 19.0. The fourth-order valence-electron chi connectivity index (χ4n) is 3.62. The van der Waals surface area contributed by atoms with E-state index in [9.17, 15) is 9.59 Å². The summed E-state index contributed by atoms with van der Waals surface area (Å²) in [4.78, 5) is 28.7. The van der Waals surface area contributed by atoms with E-state index in [-0.39, 0.29) is 18.4 Å². The van der Waals surface area contributed by atoms with Crippen LogP contribution in [-0.4, -0.2) is 34.5 Å². The van der Waals surface area contributed by atoms with Crippen LogP contribution in [0.25, 0.3) is 11.0 Å². The van der Waals surface area contributed by atoms with Crippen LogP contribution in [0.15, 0.2) is 42.5 Å². The zero-order chi connectivity index (χ0) is 20.4. The molecule has 0 unspecified atom stereocenters. The van der Waals surface area contributed by atoms with Crippen molar-refractivity contribution in [3.8, 4) is 5.75 Å². The van der Waals surface area contributed by atoms with Crippen molar-refractivity contribution in [2.45, 2.75) is 32.7 Å². The van der Waals surface area contributed by atoms with Crippen LogP contribution in [0.2, 0.25) is 0 Å². The van der Waals surface area contributed by atoms with Gasteiger partial charge in [-0.05, 0) is 50.6 Å². The van der Waals surface area contributed by atoms with Crippen LogP contribution in [0, 0.1) is 0 Å². The molecule has 2 aromatic carbocycles. The van der Waals surface area contributed by atoms with E-state index in [1.54, 1.807) is 18.2 Å². The van der Waals surface area contributed by atoms with Gasteiger partial charge in [0.15, 0.2) is 6.61 Å². The van der Waals surface area contributed by atoms with Gasteiger partial charge in [-0.2, -0.15) is 0 Å². The van der Waals surface area contributed by atoms with Crippen LogP contribution >= 0.6 is 0 Å². The standard InChI is InChI=1S/C22H24N4O3/c1-14(2)26-18-7-4-3-6-16(18)24-20(26)8-5-11-23-22(28)15-9-10-19-17(12-15)25-21(27)13-29-19/h3-4,6-7,9-10,12,14H,5,8,11,13H2,1-2H3,(H,23,28)(H,25,27). The van der Waals surface area contributed by atoms with Crippen LogP contribution < -0.4 is 15.4 Å². The van der Waals surface area contributed by atoms with Gasteiger partial charge >= 0.3 is 0 Å². The molecule has 0 fully saturated rings. The molecule has 3 aromatic rings. The summed E-state index contributed by atoms with van der Waals surface area (Å²) in [6.07, 6.45) is 1.56. The molecule has 0 radical (unpaired) electrons. The Labute approximate surface area is 169 Å². The normalized spacial score (nSPS) is 13.1. The maximum absolute atomic E-state index is 12.5. The molecule has 2 N–H and O–H groups in total. The monoisotopic (exact) mass is 392 g/mol. The largest absolute Gasteiger partial charge is 0.482 e. The number of nitrogens with zero attached hydrogens (tertiary/aromatic N) is 2. The highest BCUT2D eigenvalue weighted by Gasteiger charge is 2.18. The van der Waals surface area contributed by atoms with Crippen molar-refractivity contribution in [1.29, 1.82) is 0 Å². The number of aryl methyl sites for hydroxylation is 1. The van der Waals surface area contributed by atoms with Gasteiger partial charge in [0.05, 0.1) is 16.7 Å². The Kier molecular flexibility index (Phi) is 5.20. The van der Waals surface area contributed by atoms with Crippen molar-refractivity contribution in [2.24, 2.45) is 0 Å². The molecule has 29 heavy (non-hydrogen) atoms. The first-order valence-electron chi connectivity index (χ1n) is 9.83. The Hall–Kier alpha value is -3.35.